The zero-order valence-electron chi connectivity index (χ0n) is 7.81. The summed E-state index contributed by atoms with van der Waals surface area (Å²) in [6.45, 7) is 0.769. The maximum atomic E-state index is 12.5. The van der Waals surface area contributed by atoms with Crippen LogP contribution in [0.3, 0.4) is 0 Å². The zero-order valence-corrected chi connectivity index (χ0v) is 7.81. The highest BCUT2D eigenvalue weighted by Gasteiger charge is 2.45. The third kappa shape index (κ3) is 3.11. The molecule has 0 aromatic heterocycles. The van der Waals surface area contributed by atoms with Gasteiger partial charge in [0.1, 0.15) is 6.04 Å². The van der Waals surface area contributed by atoms with Gasteiger partial charge in [-0.1, -0.05) is 0 Å². The summed E-state index contributed by atoms with van der Waals surface area (Å²) in [5.74, 6) is 0. The molecule has 1 rings (SSSR count). The molecule has 3 nitrogen and oxygen atoms in total. The minimum atomic E-state index is -4.26. The molecule has 1 fully saturated rings. The zero-order chi connectivity index (χ0) is 10.6. The van der Waals surface area contributed by atoms with Crippen molar-refractivity contribution in [3.8, 4) is 0 Å². The highest BCUT2D eigenvalue weighted by molar-refractivity contribution is 4.86. The second-order valence-electron chi connectivity index (χ2n) is 3.31. The van der Waals surface area contributed by atoms with Crippen LogP contribution in [-0.2, 0) is 4.74 Å². The molecule has 14 heavy (non-hydrogen) atoms. The molecular formula is C8H15F3N2O. The van der Waals surface area contributed by atoms with Crippen molar-refractivity contribution in [2.24, 2.45) is 5.73 Å². The summed E-state index contributed by atoms with van der Waals surface area (Å²) in [5.41, 5.74) is 5.15. The van der Waals surface area contributed by atoms with Crippen molar-refractivity contribution in [2.45, 2.75) is 31.2 Å². The van der Waals surface area contributed by atoms with Crippen molar-refractivity contribution in [1.82, 2.24) is 5.32 Å². The van der Waals surface area contributed by atoms with E-state index in [2.05, 4.69) is 5.32 Å². The van der Waals surface area contributed by atoms with E-state index in [0.717, 1.165) is 0 Å². The molecule has 1 aliphatic rings. The normalized spacial score (nSPS) is 25.3. The van der Waals surface area contributed by atoms with Crippen molar-refractivity contribution in [1.29, 1.82) is 0 Å². The van der Waals surface area contributed by atoms with Gasteiger partial charge in [0.2, 0.25) is 0 Å². The van der Waals surface area contributed by atoms with Gasteiger partial charge in [0.05, 0.1) is 6.10 Å². The number of nitrogens with two attached hydrogens (primary N) is 1. The SMILES string of the molecule is NCCN[C@H]([C@H]1CCCO1)C(F)(F)F. The molecule has 1 aliphatic heterocycles. The van der Waals surface area contributed by atoms with E-state index in [0.29, 0.717) is 19.4 Å². The van der Waals surface area contributed by atoms with Gasteiger partial charge >= 0.3 is 6.18 Å². The molecule has 2 atom stereocenters. The van der Waals surface area contributed by atoms with Gasteiger partial charge < -0.3 is 15.8 Å². The molecule has 84 valence electrons. The number of halogens is 3. The third-order valence-corrected chi connectivity index (χ3v) is 2.20. The van der Waals surface area contributed by atoms with Gasteiger partial charge in [-0.05, 0) is 12.8 Å². The molecule has 0 spiro atoms. The molecule has 0 aromatic carbocycles. The lowest BCUT2D eigenvalue weighted by molar-refractivity contribution is -0.179. The van der Waals surface area contributed by atoms with Gasteiger partial charge in [-0.25, -0.2) is 0 Å². The lowest BCUT2D eigenvalue weighted by atomic mass is 10.1. The number of nitrogens with one attached hydrogen (secondary N) is 1. The van der Waals surface area contributed by atoms with Crippen LogP contribution in [0.5, 0.6) is 0 Å². The molecule has 0 radical (unpaired) electrons. The van der Waals surface area contributed by atoms with Crippen LogP contribution in [0.4, 0.5) is 13.2 Å². The maximum absolute atomic E-state index is 12.5. The van der Waals surface area contributed by atoms with Gasteiger partial charge in [0.25, 0.3) is 0 Å². The number of hydrogen-bond donors (Lipinski definition) is 2. The largest absolute Gasteiger partial charge is 0.406 e. The molecule has 0 aromatic rings. The Morgan fingerprint density at radius 1 is 1.50 bits per heavy atom. The first kappa shape index (κ1) is 11.7. The summed E-state index contributed by atoms with van der Waals surface area (Å²) >= 11 is 0. The first-order chi connectivity index (χ1) is 6.55. The van der Waals surface area contributed by atoms with E-state index >= 15 is 0 Å². The van der Waals surface area contributed by atoms with Crippen LogP contribution in [-0.4, -0.2) is 38.0 Å². The van der Waals surface area contributed by atoms with E-state index in [9.17, 15) is 13.2 Å². The topological polar surface area (TPSA) is 47.3 Å². The Labute approximate surface area is 80.8 Å². The van der Waals surface area contributed by atoms with E-state index in [1.807, 2.05) is 0 Å². The van der Waals surface area contributed by atoms with E-state index < -0.39 is 18.3 Å². The average Bonchev–Trinajstić information content (AvgIpc) is 2.55. The van der Waals surface area contributed by atoms with E-state index in [4.69, 9.17) is 10.5 Å². The van der Waals surface area contributed by atoms with Gasteiger partial charge in [-0.15, -0.1) is 0 Å². The van der Waals surface area contributed by atoms with Crippen LogP contribution >= 0.6 is 0 Å². The molecule has 0 bridgehead atoms. The summed E-state index contributed by atoms with van der Waals surface area (Å²) in [5, 5.41) is 2.38. The summed E-state index contributed by atoms with van der Waals surface area (Å²) < 4.78 is 42.6. The molecule has 0 aliphatic carbocycles. The molecule has 0 unspecified atom stereocenters. The van der Waals surface area contributed by atoms with Crippen LogP contribution in [0.1, 0.15) is 12.8 Å². The molecule has 0 amide bonds. The predicted molar refractivity (Wildman–Crippen MR) is 45.9 cm³/mol. The Morgan fingerprint density at radius 2 is 2.21 bits per heavy atom. The Morgan fingerprint density at radius 3 is 2.64 bits per heavy atom. The second-order valence-corrected chi connectivity index (χ2v) is 3.31. The Balaban J connectivity index is 2.51. The second kappa shape index (κ2) is 4.95. The monoisotopic (exact) mass is 212 g/mol. The number of ether oxygens (including phenoxy) is 1. The molecule has 1 saturated heterocycles. The summed E-state index contributed by atoms with van der Waals surface area (Å²) in [6, 6.07) is -1.58. The fourth-order valence-electron chi connectivity index (χ4n) is 1.56. The van der Waals surface area contributed by atoms with Crippen LogP contribution in [0.25, 0.3) is 0 Å². The van der Waals surface area contributed by atoms with Crippen molar-refractivity contribution in [3.05, 3.63) is 0 Å². The van der Waals surface area contributed by atoms with Crippen LogP contribution in [0, 0.1) is 0 Å². The number of hydrogen-bond acceptors (Lipinski definition) is 3. The average molecular weight is 212 g/mol. The summed E-state index contributed by atoms with van der Waals surface area (Å²) in [4.78, 5) is 0. The minimum absolute atomic E-state index is 0.157. The van der Waals surface area contributed by atoms with Crippen LogP contribution in [0.15, 0.2) is 0 Å². The Kier molecular flexibility index (Phi) is 4.15. The standard InChI is InChI=1S/C8H15F3N2O/c9-8(10,11)7(13-4-3-12)6-2-1-5-14-6/h6-7,13H,1-5,12H2/t6-,7-/m1/s1. The van der Waals surface area contributed by atoms with Gasteiger partial charge in [-0.3, -0.25) is 0 Å². The molecule has 6 heteroatoms. The molecule has 0 saturated carbocycles. The van der Waals surface area contributed by atoms with Crippen molar-refractivity contribution in [3.63, 3.8) is 0 Å². The lowest BCUT2D eigenvalue weighted by Crippen LogP contribution is -2.51. The fraction of sp³-hybridized carbons (Fsp3) is 1.00. The van der Waals surface area contributed by atoms with Crippen LogP contribution < -0.4 is 11.1 Å². The first-order valence-electron chi connectivity index (χ1n) is 4.67. The third-order valence-electron chi connectivity index (χ3n) is 2.20. The van der Waals surface area contributed by atoms with Crippen molar-refractivity contribution in [2.75, 3.05) is 19.7 Å². The minimum Gasteiger partial charge on any atom is -0.376 e. The van der Waals surface area contributed by atoms with Crippen LogP contribution in [0.2, 0.25) is 0 Å². The predicted octanol–water partition coefficient (Wildman–Crippen LogP) is 0.645. The molecule has 3 N–H and O–H groups in total. The maximum Gasteiger partial charge on any atom is 0.406 e. The number of rotatable bonds is 4. The van der Waals surface area contributed by atoms with Crippen molar-refractivity contribution < 1.29 is 17.9 Å². The van der Waals surface area contributed by atoms with Gasteiger partial charge in [0, 0.05) is 19.7 Å². The Bertz CT molecular complexity index is 168. The molecular weight excluding hydrogens is 197 g/mol. The highest BCUT2D eigenvalue weighted by Crippen LogP contribution is 2.28. The van der Waals surface area contributed by atoms with E-state index in [-0.39, 0.29) is 13.1 Å². The first-order valence-corrected chi connectivity index (χ1v) is 4.67. The van der Waals surface area contributed by atoms with E-state index in [1.54, 1.807) is 0 Å². The van der Waals surface area contributed by atoms with E-state index in [1.165, 1.54) is 0 Å². The van der Waals surface area contributed by atoms with Crippen molar-refractivity contribution >= 4 is 0 Å². The van der Waals surface area contributed by atoms with Gasteiger partial charge in [-0.2, -0.15) is 13.2 Å². The van der Waals surface area contributed by atoms with Gasteiger partial charge in [0.15, 0.2) is 0 Å². The summed E-state index contributed by atoms with van der Waals surface area (Å²) in [7, 11) is 0. The number of alkyl halides is 3. The highest BCUT2D eigenvalue weighted by atomic mass is 19.4. The lowest BCUT2D eigenvalue weighted by Gasteiger charge is -2.26. The Hall–Kier alpha value is -0.330. The summed E-state index contributed by atoms with van der Waals surface area (Å²) in [6.07, 6.45) is -3.85. The quantitative estimate of drug-likeness (QED) is 0.719. The fourth-order valence-corrected chi connectivity index (χ4v) is 1.56. The smallest absolute Gasteiger partial charge is 0.376 e. The molecule has 1 heterocycles.